The molecule has 1 aromatic carbocycles. The number of benzene rings is 1. The molecular weight excluding hydrogens is 492 g/mol. The number of rotatable bonds is 5. The molecule has 1 fully saturated rings. The Morgan fingerprint density at radius 1 is 1.29 bits per heavy atom. The molecule has 3 N–H and O–H groups in total. The molecule has 0 saturated heterocycles. The number of nitrogens with zero attached hydrogens (tertiary/aromatic N) is 2. The Morgan fingerprint density at radius 3 is 2.54 bits per heavy atom. The molecule has 2 aliphatic rings. The molecule has 1 spiro atoms. The van der Waals surface area contributed by atoms with Gasteiger partial charge in [-0.1, -0.05) is 0 Å². The Bertz CT molecular complexity index is 1330. The van der Waals surface area contributed by atoms with Crippen LogP contribution in [0.2, 0.25) is 0 Å². The second-order valence-corrected chi connectivity index (χ2v) is 11.0. The number of anilines is 1. The number of carbonyl (C=O) groups excluding carboxylic acids is 1. The van der Waals surface area contributed by atoms with Gasteiger partial charge in [-0.25, -0.2) is 22.2 Å². The maximum absolute atomic E-state index is 15.5. The quantitative estimate of drug-likeness (QED) is 0.588. The van der Waals surface area contributed by atoms with Crippen LogP contribution in [0.4, 0.5) is 23.2 Å². The van der Waals surface area contributed by atoms with Crippen LogP contribution in [-0.2, 0) is 15.4 Å². The van der Waals surface area contributed by atoms with Gasteiger partial charge in [-0.05, 0) is 62.9 Å². The average molecular weight is 515 g/mol. The molecule has 0 bridgehead atoms. The maximum atomic E-state index is 15.5. The maximum Gasteiger partial charge on any atom is 0.387 e. The van der Waals surface area contributed by atoms with Gasteiger partial charge in [0.25, 0.3) is 5.91 Å². The van der Waals surface area contributed by atoms with Gasteiger partial charge in [0.2, 0.25) is 5.50 Å². The minimum Gasteiger partial charge on any atom is -0.433 e. The minimum absolute atomic E-state index is 0.00373. The zero-order valence-corrected chi connectivity index (χ0v) is 19.5. The van der Waals surface area contributed by atoms with Crippen molar-refractivity contribution in [3.05, 3.63) is 53.1 Å². The van der Waals surface area contributed by atoms with Crippen molar-refractivity contribution in [2.45, 2.75) is 55.5 Å². The van der Waals surface area contributed by atoms with Gasteiger partial charge in [-0.15, -0.1) is 0 Å². The summed E-state index contributed by atoms with van der Waals surface area (Å²) in [7, 11) is -4.44. The number of ether oxygens (including phenoxy) is 1. The number of pyridine rings is 1. The largest absolute Gasteiger partial charge is 0.433 e. The predicted octanol–water partition coefficient (Wildman–Crippen LogP) is 3.60. The third kappa shape index (κ3) is 3.91. The molecule has 8 nitrogen and oxygen atoms in total. The van der Waals surface area contributed by atoms with Crippen molar-refractivity contribution < 1.29 is 35.5 Å². The highest BCUT2D eigenvalue weighted by Crippen LogP contribution is 2.51. The monoisotopic (exact) mass is 514 g/mol. The summed E-state index contributed by atoms with van der Waals surface area (Å²) in [4.78, 5) is 20.6. The summed E-state index contributed by atoms with van der Waals surface area (Å²) in [6, 6.07) is 4.40. The average Bonchev–Trinajstić information content (AvgIpc) is 2.72. The van der Waals surface area contributed by atoms with Crippen LogP contribution in [0.15, 0.2) is 35.5 Å². The first-order valence-corrected chi connectivity index (χ1v) is 12.1. The Labute approximate surface area is 198 Å². The molecule has 13 heteroatoms. The number of amidine groups is 1. The van der Waals surface area contributed by atoms with Crippen LogP contribution in [0.1, 0.15) is 47.8 Å². The number of hydrogen-bond donors (Lipinski definition) is 2. The van der Waals surface area contributed by atoms with Gasteiger partial charge in [-0.2, -0.15) is 8.78 Å². The van der Waals surface area contributed by atoms with E-state index in [0.717, 1.165) is 25.3 Å². The number of sulfone groups is 1. The summed E-state index contributed by atoms with van der Waals surface area (Å²) in [5.74, 6) is -2.20. The summed E-state index contributed by atoms with van der Waals surface area (Å²) >= 11 is 0. The molecule has 1 aromatic heterocycles. The van der Waals surface area contributed by atoms with E-state index in [1.807, 2.05) is 0 Å². The Kier molecular flexibility index (Phi) is 6.02. The summed E-state index contributed by atoms with van der Waals surface area (Å²) in [6.07, 6.45) is 1.79. The first kappa shape index (κ1) is 24.9. The molecule has 1 aliphatic carbocycles. The predicted molar refractivity (Wildman–Crippen MR) is 119 cm³/mol. The van der Waals surface area contributed by atoms with Gasteiger partial charge >= 0.3 is 6.61 Å². The van der Waals surface area contributed by atoms with E-state index >= 15 is 4.39 Å². The van der Waals surface area contributed by atoms with Crippen molar-refractivity contribution in [2.75, 3.05) is 5.32 Å². The number of aromatic nitrogens is 1. The topological polar surface area (TPSA) is 124 Å². The smallest absolute Gasteiger partial charge is 0.387 e. The van der Waals surface area contributed by atoms with Gasteiger partial charge < -0.3 is 15.8 Å². The fraction of sp³-hybridized carbons (Fsp3) is 0.409. The van der Waals surface area contributed by atoms with Gasteiger partial charge in [0.1, 0.15) is 33.4 Å². The fourth-order valence-corrected chi connectivity index (χ4v) is 6.78. The van der Waals surface area contributed by atoms with Crippen LogP contribution >= 0.6 is 0 Å². The van der Waals surface area contributed by atoms with E-state index in [-0.39, 0.29) is 41.4 Å². The Balaban J connectivity index is 1.67. The van der Waals surface area contributed by atoms with Crippen LogP contribution in [-0.4, -0.2) is 42.0 Å². The number of aliphatic imine (C=N–C) groups is 1. The normalized spacial score (nSPS) is 24.5. The van der Waals surface area contributed by atoms with E-state index < -0.39 is 49.5 Å². The van der Waals surface area contributed by atoms with Gasteiger partial charge in [-0.3, -0.25) is 9.79 Å². The van der Waals surface area contributed by atoms with E-state index in [1.54, 1.807) is 0 Å². The molecule has 1 saturated carbocycles. The summed E-state index contributed by atoms with van der Waals surface area (Å²) in [6.45, 7) is -0.481. The lowest BCUT2D eigenvalue weighted by molar-refractivity contribution is -0.0501. The van der Waals surface area contributed by atoms with Crippen molar-refractivity contribution in [3.8, 4) is 5.75 Å². The first-order chi connectivity index (χ1) is 16.3. The van der Waals surface area contributed by atoms with Gasteiger partial charge in [0, 0.05) is 11.3 Å². The summed E-state index contributed by atoms with van der Waals surface area (Å²) < 4.78 is 83.8. The summed E-state index contributed by atoms with van der Waals surface area (Å²) in [5.41, 5.74) is 0.926. The number of carbonyl (C=O) groups is 1. The zero-order chi connectivity index (χ0) is 25.8. The first-order valence-electron chi connectivity index (χ1n) is 10.6. The van der Waals surface area contributed by atoms with E-state index in [0.29, 0.717) is 6.42 Å². The molecule has 2 aromatic rings. The Hall–Kier alpha value is -3.22. The van der Waals surface area contributed by atoms with E-state index in [4.69, 9.17) is 5.73 Å². The van der Waals surface area contributed by atoms with E-state index in [9.17, 15) is 26.4 Å². The highest BCUT2D eigenvalue weighted by molar-refractivity contribution is 7.94. The van der Waals surface area contributed by atoms with E-state index in [2.05, 4.69) is 20.0 Å². The van der Waals surface area contributed by atoms with Crippen LogP contribution < -0.4 is 15.8 Å². The van der Waals surface area contributed by atoms with Crippen LogP contribution in [0.25, 0.3) is 0 Å². The molecule has 1 aliphatic heterocycles. The number of aryl methyl sites for hydroxylation is 1. The standard InChI is InChI=1S/C22H22F4N4O4S/c1-11-8-13(34-20(25)26)10-28-16(11)17(31)29-12-4-5-15(23)14(9-12)21(2)18(24)35(32,33)22(6-3-7-22)19(27)30-21/h4-5,8-10,18,20H,3,6-7H2,1-2H3,(H2,27,30)(H,29,31)/t18?,21-/m1/s1. The number of alkyl halides is 3. The lowest BCUT2D eigenvalue weighted by Gasteiger charge is -2.48. The molecule has 2 atom stereocenters. The molecule has 2 heterocycles. The van der Waals surface area contributed by atoms with Crippen molar-refractivity contribution in [1.29, 1.82) is 0 Å². The SMILES string of the molecule is Cc1cc(OC(F)F)cnc1C(=O)Nc1ccc(F)c([C@@]2(C)N=C(N)C3(CCC3)S(=O)(=O)C2F)c1. The third-order valence-corrected chi connectivity index (χ3v) is 9.21. The lowest BCUT2D eigenvalue weighted by atomic mass is 9.82. The number of nitrogens with one attached hydrogen (secondary N) is 1. The van der Waals surface area contributed by atoms with Crippen LogP contribution in [0.5, 0.6) is 5.75 Å². The number of hydrogen-bond acceptors (Lipinski definition) is 7. The van der Waals surface area contributed by atoms with Crippen LogP contribution in [0, 0.1) is 12.7 Å². The van der Waals surface area contributed by atoms with Crippen molar-refractivity contribution in [2.24, 2.45) is 10.7 Å². The molecule has 0 radical (unpaired) electrons. The van der Waals surface area contributed by atoms with Gasteiger partial charge in [0.15, 0.2) is 9.84 Å². The molecule has 1 amide bonds. The number of halogens is 4. The second kappa shape index (κ2) is 8.47. The summed E-state index contributed by atoms with van der Waals surface area (Å²) in [5, 5.41) is 2.46. The number of amides is 1. The van der Waals surface area contributed by atoms with Crippen LogP contribution in [0.3, 0.4) is 0 Å². The minimum atomic E-state index is -4.44. The van der Waals surface area contributed by atoms with Crippen molar-refractivity contribution in [3.63, 3.8) is 0 Å². The zero-order valence-electron chi connectivity index (χ0n) is 18.7. The Morgan fingerprint density at radius 2 is 1.97 bits per heavy atom. The second-order valence-electron chi connectivity index (χ2n) is 8.72. The third-order valence-electron chi connectivity index (χ3n) is 6.50. The molecule has 4 rings (SSSR count). The van der Waals surface area contributed by atoms with Crippen molar-refractivity contribution in [1.82, 2.24) is 4.98 Å². The highest BCUT2D eigenvalue weighted by atomic mass is 32.2. The fourth-order valence-electron chi connectivity index (χ4n) is 4.41. The van der Waals surface area contributed by atoms with Gasteiger partial charge in [0.05, 0.1) is 6.20 Å². The molecule has 1 unspecified atom stereocenters. The van der Waals surface area contributed by atoms with Crippen molar-refractivity contribution >= 4 is 27.3 Å². The lowest BCUT2D eigenvalue weighted by Crippen LogP contribution is -2.64. The molecule has 35 heavy (non-hydrogen) atoms. The molecular formula is C22H22F4N4O4S. The van der Waals surface area contributed by atoms with E-state index in [1.165, 1.54) is 19.1 Å². The highest BCUT2D eigenvalue weighted by Gasteiger charge is 2.64. The molecule has 188 valence electrons. The number of nitrogens with two attached hydrogens (primary N) is 1.